The molecule has 186 valence electrons. The molecule has 0 radical (unpaired) electrons. The first-order chi connectivity index (χ1) is 16.8. The van der Waals surface area contributed by atoms with Gasteiger partial charge in [-0.05, 0) is 67.5 Å². The van der Waals surface area contributed by atoms with Crippen molar-refractivity contribution in [3.05, 3.63) is 76.6 Å². The maximum atomic E-state index is 12.4. The third-order valence-corrected chi connectivity index (χ3v) is 6.97. The summed E-state index contributed by atoms with van der Waals surface area (Å²) in [6, 6.07) is 16.0. The van der Waals surface area contributed by atoms with Gasteiger partial charge in [-0.3, -0.25) is 9.48 Å². The Morgan fingerprint density at radius 1 is 1.23 bits per heavy atom. The zero-order valence-electron chi connectivity index (χ0n) is 20.8. The predicted molar refractivity (Wildman–Crippen MR) is 139 cm³/mol. The number of carbonyl (C=O) groups is 1. The van der Waals surface area contributed by atoms with Gasteiger partial charge in [0.1, 0.15) is 5.75 Å². The number of carbonyl (C=O) groups excluding carboxylic acids is 1. The number of hydrogen-bond donors (Lipinski definition) is 1. The van der Waals surface area contributed by atoms with Crippen molar-refractivity contribution in [2.24, 2.45) is 11.8 Å². The topological polar surface area (TPSA) is 65.4 Å². The lowest BCUT2D eigenvalue weighted by Gasteiger charge is -2.39. The summed E-state index contributed by atoms with van der Waals surface area (Å²) in [7, 11) is 0. The zero-order valence-corrected chi connectivity index (χ0v) is 21.6. The molecule has 1 amide bonds. The van der Waals surface area contributed by atoms with Crippen LogP contribution in [0.3, 0.4) is 0 Å². The van der Waals surface area contributed by atoms with Gasteiger partial charge in [0.2, 0.25) is 0 Å². The fourth-order valence-corrected chi connectivity index (χ4v) is 4.84. The van der Waals surface area contributed by atoms with E-state index in [1.54, 1.807) is 4.68 Å². The molecule has 7 heteroatoms. The van der Waals surface area contributed by atoms with Gasteiger partial charge in [-0.1, -0.05) is 49.7 Å². The van der Waals surface area contributed by atoms with Crippen LogP contribution in [0.2, 0.25) is 5.02 Å². The van der Waals surface area contributed by atoms with Crippen LogP contribution >= 0.6 is 11.6 Å². The van der Waals surface area contributed by atoms with Crippen LogP contribution in [0.1, 0.15) is 56.0 Å². The van der Waals surface area contributed by atoms with Gasteiger partial charge in [-0.2, -0.15) is 5.10 Å². The fourth-order valence-electron chi connectivity index (χ4n) is 4.72. The molecule has 0 spiro atoms. The quantitative estimate of drug-likeness (QED) is 0.392. The minimum atomic E-state index is -0.214. The maximum absolute atomic E-state index is 12.4. The third kappa shape index (κ3) is 6.24. The summed E-state index contributed by atoms with van der Waals surface area (Å²) in [4.78, 5) is 12.4. The Balaban J connectivity index is 1.40. The molecule has 35 heavy (non-hydrogen) atoms. The van der Waals surface area contributed by atoms with Gasteiger partial charge >= 0.3 is 0 Å². The Labute approximate surface area is 212 Å². The smallest absolute Gasteiger partial charge is 0.262 e. The van der Waals surface area contributed by atoms with Crippen molar-refractivity contribution in [3.8, 4) is 5.75 Å². The molecule has 1 saturated heterocycles. The Morgan fingerprint density at radius 2 is 2.00 bits per heavy atom. The van der Waals surface area contributed by atoms with E-state index < -0.39 is 0 Å². The molecule has 1 aromatic heterocycles. The highest BCUT2D eigenvalue weighted by atomic mass is 35.5. The molecule has 3 aromatic rings. The number of amides is 1. The highest BCUT2D eigenvalue weighted by molar-refractivity contribution is 6.30. The molecule has 2 aromatic carbocycles. The summed E-state index contributed by atoms with van der Waals surface area (Å²) >= 11 is 6.08. The first-order valence-corrected chi connectivity index (χ1v) is 12.7. The highest BCUT2D eigenvalue weighted by Crippen LogP contribution is 2.44. The van der Waals surface area contributed by atoms with E-state index in [1.807, 2.05) is 50.4 Å². The van der Waals surface area contributed by atoms with Crippen LogP contribution in [0.25, 0.3) is 0 Å². The van der Waals surface area contributed by atoms with Gasteiger partial charge in [0.25, 0.3) is 5.91 Å². The molecule has 3 atom stereocenters. The van der Waals surface area contributed by atoms with Gasteiger partial charge in [-0.15, -0.1) is 0 Å². The van der Waals surface area contributed by atoms with Crippen LogP contribution in [0.4, 0.5) is 5.69 Å². The van der Waals surface area contributed by atoms with Gasteiger partial charge in [0.05, 0.1) is 24.1 Å². The van der Waals surface area contributed by atoms with Crippen molar-refractivity contribution in [1.29, 1.82) is 0 Å². The van der Waals surface area contributed by atoms with Crippen LogP contribution in [0, 0.1) is 18.8 Å². The van der Waals surface area contributed by atoms with Gasteiger partial charge in [-0.25, -0.2) is 0 Å². The Bertz CT molecular complexity index is 1140. The summed E-state index contributed by atoms with van der Waals surface area (Å²) in [6.45, 7) is 9.72. The summed E-state index contributed by atoms with van der Waals surface area (Å²) in [5, 5.41) is 7.98. The minimum absolute atomic E-state index is 0.0153. The standard InChI is InChI=1S/C28H34ClN3O3/c1-5-32-15-26(19(4)31-32)30-27(33)17-34-24-8-6-7-21(13-24)28-25(18(2)3)14-22(16-35-28)20-9-11-23(29)12-10-20/h6-13,15,18,22,25,28H,5,14,16-17H2,1-4H3,(H,30,33)/t22-,25-,28-/m0/s1. The summed E-state index contributed by atoms with van der Waals surface area (Å²) in [6.07, 6.45) is 2.86. The summed E-state index contributed by atoms with van der Waals surface area (Å²) in [5.41, 5.74) is 3.84. The summed E-state index contributed by atoms with van der Waals surface area (Å²) in [5.74, 6) is 1.61. The number of rotatable bonds is 8. The van der Waals surface area contributed by atoms with Crippen molar-refractivity contribution >= 4 is 23.2 Å². The molecule has 0 unspecified atom stereocenters. The number of ether oxygens (including phenoxy) is 2. The second-order valence-electron chi connectivity index (χ2n) is 9.54. The average Bonchev–Trinajstić information content (AvgIpc) is 3.22. The first kappa shape index (κ1) is 25.3. The van der Waals surface area contributed by atoms with E-state index in [-0.39, 0.29) is 18.6 Å². The van der Waals surface area contributed by atoms with E-state index in [9.17, 15) is 4.79 Å². The second-order valence-corrected chi connectivity index (χ2v) is 9.98. The molecule has 1 N–H and O–H groups in total. The average molecular weight is 496 g/mol. The maximum Gasteiger partial charge on any atom is 0.262 e. The first-order valence-electron chi connectivity index (χ1n) is 12.3. The van der Waals surface area contributed by atoms with E-state index in [0.29, 0.717) is 35.8 Å². The van der Waals surface area contributed by atoms with Crippen LogP contribution in [-0.4, -0.2) is 28.9 Å². The number of aryl methyl sites for hydroxylation is 2. The van der Waals surface area contributed by atoms with E-state index >= 15 is 0 Å². The van der Waals surface area contributed by atoms with E-state index in [1.165, 1.54) is 5.56 Å². The number of nitrogens with one attached hydrogen (secondary N) is 1. The van der Waals surface area contributed by atoms with Crippen molar-refractivity contribution in [2.75, 3.05) is 18.5 Å². The molecule has 0 aliphatic carbocycles. The van der Waals surface area contributed by atoms with E-state index in [0.717, 1.165) is 29.2 Å². The molecule has 6 nitrogen and oxygen atoms in total. The number of halogens is 1. The summed E-state index contributed by atoms with van der Waals surface area (Å²) < 4.78 is 14.1. The number of benzene rings is 2. The Hall–Kier alpha value is -2.83. The normalized spacial score (nSPS) is 20.1. The van der Waals surface area contributed by atoms with Crippen LogP contribution in [0.5, 0.6) is 5.75 Å². The molecular formula is C28H34ClN3O3. The van der Waals surface area contributed by atoms with Crippen LogP contribution < -0.4 is 10.1 Å². The lowest BCUT2D eigenvalue weighted by atomic mass is 9.76. The monoisotopic (exact) mass is 495 g/mol. The van der Waals surface area contributed by atoms with Gasteiger partial charge in [0.15, 0.2) is 6.61 Å². The molecule has 1 fully saturated rings. The predicted octanol–water partition coefficient (Wildman–Crippen LogP) is 6.40. The number of hydrogen-bond acceptors (Lipinski definition) is 4. The highest BCUT2D eigenvalue weighted by Gasteiger charge is 2.35. The lowest BCUT2D eigenvalue weighted by Crippen LogP contribution is -2.31. The molecule has 1 aliphatic rings. The van der Waals surface area contributed by atoms with Crippen molar-refractivity contribution in [1.82, 2.24) is 9.78 Å². The minimum Gasteiger partial charge on any atom is -0.484 e. The number of aromatic nitrogens is 2. The van der Waals surface area contributed by atoms with E-state index in [2.05, 4.69) is 42.5 Å². The second kappa shape index (κ2) is 11.3. The lowest BCUT2D eigenvalue weighted by molar-refractivity contribution is -0.118. The molecule has 1 aliphatic heterocycles. The Kier molecular flexibility index (Phi) is 8.14. The zero-order chi connectivity index (χ0) is 24.9. The van der Waals surface area contributed by atoms with Crippen LogP contribution in [-0.2, 0) is 16.1 Å². The molecule has 0 bridgehead atoms. The molecule has 0 saturated carbocycles. The van der Waals surface area contributed by atoms with Gasteiger partial charge in [0, 0.05) is 23.7 Å². The SMILES string of the molecule is CCn1cc(NC(=O)COc2cccc([C@@H]3OC[C@@H](c4ccc(Cl)cc4)C[C@H]3C(C)C)c2)c(C)n1. The number of anilines is 1. The fraction of sp³-hybridized carbons (Fsp3) is 0.429. The Morgan fingerprint density at radius 3 is 2.69 bits per heavy atom. The van der Waals surface area contributed by atoms with Crippen molar-refractivity contribution < 1.29 is 14.3 Å². The van der Waals surface area contributed by atoms with Crippen molar-refractivity contribution in [2.45, 2.75) is 52.7 Å². The largest absolute Gasteiger partial charge is 0.484 e. The van der Waals surface area contributed by atoms with E-state index in [4.69, 9.17) is 21.1 Å². The third-order valence-electron chi connectivity index (χ3n) is 6.72. The molecule has 2 heterocycles. The number of nitrogens with zero attached hydrogens (tertiary/aromatic N) is 2. The van der Waals surface area contributed by atoms with Crippen LogP contribution in [0.15, 0.2) is 54.7 Å². The molecular weight excluding hydrogens is 462 g/mol. The molecule has 4 rings (SSSR count). The van der Waals surface area contributed by atoms with Gasteiger partial charge < -0.3 is 14.8 Å². The van der Waals surface area contributed by atoms with Crippen molar-refractivity contribution in [3.63, 3.8) is 0 Å².